The topological polar surface area (TPSA) is 89.6 Å². The van der Waals surface area contributed by atoms with E-state index in [2.05, 4.69) is 15.6 Å². The molecule has 2 aromatic carbocycles. The number of carbonyl (C=O) groups excluding carboxylic acids is 2. The molecular formula is C22H21N3O4S. The van der Waals surface area contributed by atoms with E-state index in [1.807, 2.05) is 17.5 Å². The third-order valence-corrected chi connectivity index (χ3v) is 4.84. The molecule has 0 aliphatic rings. The lowest BCUT2D eigenvalue weighted by Crippen LogP contribution is -2.07. The quantitative estimate of drug-likeness (QED) is 0.549. The van der Waals surface area contributed by atoms with Gasteiger partial charge < -0.3 is 14.8 Å². The van der Waals surface area contributed by atoms with Gasteiger partial charge in [-0.2, -0.15) is 0 Å². The van der Waals surface area contributed by atoms with Crippen molar-refractivity contribution in [2.45, 2.75) is 6.92 Å². The van der Waals surface area contributed by atoms with Gasteiger partial charge >= 0.3 is 0 Å². The standard InChI is InChI=1S/C22H21N3O4S/c1-14(26)23-17-7-4-15(5-8-17)19-13-30-22(24-19)25-21(27)11-6-16-12-18(28-2)9-10-20(16)29-3/h4-13H,1-3H3,(H,23,26)(H,24,25,27)/b11-6-. The molecular weight excluding hydrogens is 402 g/mol. The number of thiazole rings is 1. The second-order valence-electron chi connectivity index (χ2n) is 6.23. The predicted octanol–water partition coefficient (Wildman–Crippen LogP) is 4.44. The number of nitrogens with zero attached hydrogens (tertiary/aromatic N) is 1. The maximum absolute atomic E-state index is 12.3. The van der Waals surface area contributed by atoms with Gasteiger partial charge in [0.05, 0.1) is 19.9 Å². The SMILES string of the molecule is COc1ccc(OC)c(/C=C\C(=O)Nc2nc(-c3ccc(NC(C)=O)cc3)cs2)c1. The van der Waals surface area contributed by atoms with E-state index in [4.69, 9.17) is 9.47 Å². The van der Waals surface area contributed by atoms with Crippen LogP contribution in [0, 0.1) is 0 Å². The minimum Gasteiger partial charge on any atom is -0.497 e. The number of hydrogen-bond acceptors (Lipinski definition) is 6. The molecule has 7 nitrogen and oxygen atoms in total. The molecule has 0 unspecified atom stereocenters. The first-order valence-electron chi connectivity index (χ1n) is 9.03. The van der Waals surface area contributed by atoms with Gasteiger partial charge in [-0.3, -0.25) is 14.9 Å². The molecule has 0 atom stereocenters. The number of amides is 2. The minimum absolute atomic E-state index is 0.124. The van der Waals surface area contributed by atoms with Gasteiger partial charge in [-0.15, -0.1) is 11.3 Å². The summed E-state index contributed by atoms with van der Waals surface area (Å²) >= 11 is 1.33. The number of anilines is 2. The van der Waals surface area contributed by atoms with Crippen molar-refractivity contribution in [2.75, 3.05) is 24.9 Å². The van der Waals surface area contributed by atoms with E-state index >= 15 is 0 Å². The van der Waals surface area contributed by atoms with Crippen LogP contribution in [-0.4, -0.2) is 31.0 Å². The van der Waals surface area contributed by atoms with Crippen molar-refractivity contribution in [3.8, 4) is 22.8 Å². The summed E-state index contributed by atoms with van der Waals surface area (Å²) in [5, 5.41) is 7.83. The molecule has 3 rings (SSSR count). The van der Waals surface area contributed by atoms with Gasteiger partial charge in [0.25, 0.3) is 0 Å². The maximum atomic E-state index is 12.3. The lowest BCUT2D eigenvalue weighted by atomic mass is 10.1. The highest BCUT2D eigenvalue weighted by molar-refractivity contribution is 7.14. The fourth-order valence-electron chi connectivity index (χ4n) is 2.67. The summed E-state index contributed by atoms with van der Waals surface area (Å²) in [7, 11) is 3.15. The largest absolute Gasteiger partial charge is 0.497 e. The van der Waals surface area contributed by atoms with Gasteiger partial charge in [0, 0.05) is 35.2 Å². The molecule has 2 N–H and O–H groups in total. The third-order valence-electron chi connectivity index (χ3n) is 4.09. The average molecular weight is 423 g/mol. The van der Waals surface area contributed by atoms with Crippen molar-refractivity contribution < 1.29 is 19.1 Å². The summed E-state index contributed by atoms with van der Waals surface area (Å²) in [6, 6.07) is 12.7. The van der Waals surface area contributed by atoms with Crippen LogP contribution in [0.25, 0.3) is 17.3 Å². The van der Waals surface area contributed by atoms with Crippen LogP contribution in [0.5, 0.6) is 11.5 Å². The van der Waals surface area contributed by atoms with Crippen LogP contribution in [0.2, 0.25) is 0 Å². The first-order valence-corrected chi connectivity index (χ1v) is 9.91. The van der Waals surface area contributed by atoms with Crippen LogP contribution < -0.4 is 20.1 Å². The van der Waals surface area contributed by atoms with Crippen molar-refractivity contribution in [3.05, 3.63) is 59.5 Å². The number of carbonyl (C=O) groups is 2. The monoisotopic (exact) mass is 423 g/mol. The van der Waals surface area contributed by atoms with Crippen LogP contribution in [0.3, 0.4) is 0 Å². The van der Waals surface area contributed by atoms with Gasteiger partial charge in [0.1, 0.15) is 11.5 Å². The molecule has 0 spiro atoms. The molecule has 0 saturated heterocycles. The first kappa shape index (κ1) is 21.1. The highest BCUT2D eigenvalue weighted by Crippen LogP contribution is 2.27. The van der Waals surface area contributed by atoms with Gasteiger partial charge in [-0.25, -0.2) is 4.98 Å². The highest BCUT2D eigenvalue weighted by Gasteiger charge is 2.08. The molecule has 154 valence electrons. The van der Waals surface area contributed by atoms with Crippen LogP contribution in [0.15, 0.2) is 53.9 Å². The summed E-state index contributed by atoms with van der Waals surface area (Å²) in [6.45, 7) is 1.46. The van der Waals surface area contributed by atoms with Crippen molar-refractivity contribution >= 4 is 40.0 Å². The van der Waals surface area contributed by atoms with E-state index in [-0.39, 0.29) is 11.8 Å². The second kappa shape index (κ2) is 9.71. The number of nitrogens with one attached hydrogen (secondary N) is 2. The molecule has 0 radical (unpaired) electrons. The highest BCUT2D eigenvalue weighted by atomic mass is 32.1. The Morgan fingerprint density at radius 3 is 2.47 bits per heavy atom. The van der Waals surface area contributed by atoms with Crippen LogP contribution in [0.1, 0.15) is 12.5 Å². The lowest BCUT2D eigenvalue weighted by molar-refractivity contribution is -0.114. The molecule has 8 heteroatoms. The Bertz CT molecular complexity index is 1070. The number of ether oxygens (including phenoxy) is 2. The molecule has 0 aliphatic carbocycles. The van der Waals surface area contributed by atoms with E-state index in [0.29, 0.717) is 22.3 Å². The van der Waals surface area contributed by atoms with Gasteiger partial charge in [0.2, 0.25) is 11.8 Å². The summed E-state index contributed by atoms with van der Waals surface area (Å²) in [5.41, 5.74) is 3.07. The summed E-state index contributed by atoms with van der Waals surface area (Å²) in [6.07, 6.45) is 3.08. The van der Waals surface area contributed by atoms with Gasteiger partial charge in [-0.05, 0) is 36.4 Å². The fraction of sp³-hybridized carbons (Fsp3) is 0.136. The molecule has 30 heavy (non-hydrogen) atoms. The van der Waals surface area contributed by atoms with E-state index in [1.54, 1.807) is 50.6 Å². The lowest BCUT2D eigenvalue weighted by Gasteiger charge is -2.07. The predicted molar refractivity (Wildman–Crippen MR) is 119 cm³/mol. The number of hydrogen-bond donors (Lipinski definition) is 2. The molecule has 2 amide bonds. The second-order valence-corrected chi connectivity index (χ2v) is 7.09. The first-order chi connectivity index (χ1) is 14.5. The number of benzene rings is 2. The van der Waals surface area contributed by atoms with Crippen molar-refractivity contribution in [2.24, 2.45) is 0 Å². The van der Waals surface area contributed by atoms with Crippen LogP contribution in [0.4, 0.5) is 10.8 Å². The zero-order chi connectivity index (χ0) is 21.5. The fourth-order valence-corrected chi connectivity index (χ4v) is 3.40. The maximum Gasteiger partial charge on any atom is 0.250 e. The van der Waals surface area contributed by atoms with E-state index in [9.17, 15) is 9.59 Å². The number of rotatable bonds is 7. The van der Waals surface area contributed by atoms with Crippen LogP contribution in [-0.2, 0) is 9.59 Å². The van der Waals surface area contributed by atoms with E-state index in [0.717, 1.165) is 16.8 Å². The minimum atomic E-state index is -0.304. The van der Waals surface area contributed by atoms with E-state index in [1.165, 1.54) is 24.3 Å². The molecule has 1 aromatic heterocycles. The summed E-state index contributed by atoms with van der Waals surface area (Å²) < 4.78 is 10.5. The summed E-state index contributed by atoms with van der Waals surface area (Å²) in [5.74, 6) is 0.881. The van der Waals surface area contributed by atoms with Crippen molar-refractivity contribution in [3.63, 3.8) is 0 Å². The molecule has 0 bridgehead atoms. The van der Waals surface area contributed by atoms with Crippen LogP contribution >= 0.6 is 11.3 Å². The molecule has 3 aromatic rings. The Labute approximate surface area is 178 Å². The van der Waals surface area contributed by atoms with E-state index < -0.39 is 0 Å². The number of aromatic nitrogens is 1. The van der Waals surface area contributed by atoms with Gasteiger partial charge in [-0.1, -0.05) is 12.1 Å². The Balaban J connectivity index is 1.66. The Morgan fingerprint density at radius 1 is 1.03 bits per heavy atom. The van der Waals surface area contributed by atoms with Crippen molar-refractivity contribution in [1.29, 1.82) is 0 Å². The molecule has 1 heterocycles. The molecule has 0 fully saturated rings. The van der Waals surface area contributed by atoms with Gasteiger partial charge in [0.15, 0.2) is 5.13 Å². The van der Waals surface area contributed by atoms with Crippen molar-refractivity contribution in [1.82, 2.24) is 4.98 Å². The smallest absolute Gasteiger partial charge is 0.250 e. The zero-order valence-corrected chi connectivity index (χ0v) is 17.6. The Hall–Kier alpha value is -3.65. The summed E-state index contributed by atoms with van der Waals surface area (Å²) in [4.78, 5) is 27.8. The zero-order valence-electron chi connectivity index (χ0n) is 16.8. The number of methoxy groups -OCH3 is 2. The Kier molecular flexibility index (Phi) is 6.82. The molecule has 0 saturated carbocycles. The Morgan fingerprint density at radius 2 is 1.80 bits per heavy atom. The normalized spacial score (nSPS) is 10.6. The average Bonchev–Trinajstić information content (AvgIpc) is 3.20. The third kappa shape index (κ3) is 5.45. The molecule has 0 aliphatic heterocycles.